The van der Waals surface area contributed by atoms with Gasteiger partial charge in [0.25, 0.3) is 5.56 Å². The van der Waals surface area contributed by atoms with E-state index in [1.807, 2.05) is 36.6 Å². The molecule has 6 nitrogen and oxygen atoms in total. The molecule has 1 amide bonds. The molecule has 0 saturated heterocycles. The zero-order valence-electron chi connectivity index (χ0n) is 12.8. The maximum Gasteiger partial charge on any atom is 0.251 e. The molecular formula is C16H14N4O2S2. The van der Waals surface area contributed by atoms with Crippen molar-refractivity contribution in [3.05, 3.63) is 57.8 Å². The number of aryl methyl sites for hydroxylation is 1. The number of amides is 1. The minimum atomic E-state index is -0.240. The Kier molecular flexibility index (Phi) is 5.07. The Morgan fingerprint density at radius 3 is 2.83 bits per heavy atom. The van der Waals surface area contributed by atoms with Crippen LogP contribution >= 0.6 is 23.1 Å². The van der Waals surface area contributed by atoms with Crippen LogP contribution in [0.15, 0.2) is 51.9 Å². The lowest BCUT2D eigenvalue weighted by Gasteiger charge is -2.01. The smallest absolute Gasteiger partial charge is 0.251 e. The lowest BCUT2D eigenvalue weighted by Crippen LogP contribution is -2.15. The van der Waals surface area contributed by atoms with Crippen LogP contribution < -0.4 is 10.9 Å². The second-order valence-corrected chi connectivity index (χ2v) is 6.80. The molecule has 0 bridgehead atoms. The van der Waals surface area contributed by atoms with Crippen LogP contribution in [0.3, 0.4) is 0 Å². The number of aromatic amines is 1. The second-order valence-electron chi connectivity index (χ2n) is 4.98. The highest BCUT2D eigenvalue weighted by molar-refractivity contribution is 7.99. The molecule has 1 aromatic carbocycles. The van der Waals surface area contributed by atoms with Crippen LogP contribution in [0.4, 0.5) is 5.13 Å². The van der Waals surface area contributed by atoms with Crippen LogP contribution in [0.1, 0.15) is 5.56 Å². The van der Waals surface area contributed by atoms with E-state index in [2.05, 4.69) is 20.3 Å². The normalized spacial score (nSPS) is 10.5. The summed E-state index contributed by atoms with van der Waals surface area (Å²) >= 11 is 2.54. The van der Waals surface area contributed by atoms with Crippen LogP contribution in [-0.2, 0) is 4.79 Å². The van der Waals surface area contributed by atoms with Crippen LogP contribution in [0, 0.1) is 6.92 Å². The first-order valence-corrected chi connectivity index (χ1v) is 8.97. The Bertz CT molecular complexity index is 903. The summed E-state index contributed by atoms with van der Waals surface area (Å²) in [5, 5.41) is 5.62. The maximum atomic E-state index is 12.0. The number of aromatic nitrogens is 3. The van der Waals surface area contributed by atoms with Gasteiger partial charge in [0, 0.05) is 23.2 Å². The second kappa shape index (κ2) is 7.41. The van der Waals surface area contributed by atoms with Crippen LogP contribution in [-0.4, -0.2) is 26.6 Å². The summed E-state index contributed by atoms with van der Waals surface area (Å²) in [6.45, 7) is 2.03. The van der Waals surface area contributed by atoms with Gasteiger partial charge < -0.3 is 10.3 Å². The van der Waals surface area contributed by atoms with Crippen molar-refractivity contribution in [1.82, 2.24) is 15.0 Å². The quantitative estimate of drug-likeness (QED) is 0.541. The number of nitrogens with zero attached hydrogens (tertiary/aromatic N) is 2. The Morgan fingerprint density at radius 1 is 1.29 bits per heavy atom. The highest BCUT2D eigenvalue weighted by Crippen LogP contribution is 2.25. The van der Waals surface area contributed by atoms with E-state index in [1.54, 1.807) is 0 Å². The summed E-state index contributed by atoms with van der Waals surface area (Å²) in [5.41, 5.74) is 2.79. The summed E-state index contributed by atoms with van der Waals surface area (Å²) < 4.78 is 0. The highest BCUT2D eigenvalue weighted by Gasteiger charge is 2.09. The molecule has 0 saturated carbocycles. The number of hydrogen-bond donors (Lipinski definition) is 2. The summed E-state index contributed by atoms with van der Waals surface area (Å²) in [6, 6.07) is 9.38. The molecule has 0 aliphatic rings. The van der Waals surface area contributed by atoms with E-state index in [4.69, 9.17) is 0 Å². The molecule has 24 heavy (non-hydrogen) atoms. The average molecular weight is 358 g/mol. The van der Waals surface area contributed by atoms with E-state index in [1.165, 1.54) is 29.2 Å². The van der Waals surface area contributed by atoms with Crippen molar-refractivity contribution >= 4 is 34.1 Å². The van der Waals surface area contributed by atoms with E-state index < -0.39 is 0 Å². The number of hydrogen-bond acceptors (Lipinski definition) is 6. The summed E-state index contributed by atoms with van der Waals surface area (Å²) in [4.78, 5) is 34.1. The fourth-order valence-electron chi connectivity index (χ4n) is 1.90. The third-order valence-corrected chi connectivity index (χ3v) is 4.73. The fourth-order valence-corrected chi connectivity index (χ4v) is 3.29. The van der Waals surface area contributed by atoms with Crippen molar-refractivity contribution < 1.29 is 4.79 Å². The van der Waals surface area contributed by atoms with Gasteiger partial charge in [-0.05, 0) is 6.92 Å². The average Bonchev–Trinajstić information content (AvgIpc) is 3.02. The molecule has 2 heterocycles. The topological polar surface area (TPSA) is 87.7 Å². The number of benzene rings is 1. The zero-order valence-corrected chi connectivity index (χ0v) is 14.4. The number of thioether (sulfide) groups is 1. The Balaban J connectivity index is 1.59. The highest BCUT2D eigenvalue weighted by atomic mass is 32.2. The number of thiazole rings is 1. The number of carbonyl (C=O) groups is 1. The van der Waals surface area contributed by atoms with Gasteiger partial charge in [-0.25, -0.2) is 9.97 Å². The zero-order chi connectivity index (χ0) is 16.9. The molecule has 3 aromatic rings. The third-order valence-electron chi connectivity index (χ3n) is 3.09. The molecule has 0 aliphatic heterocycles. The number of anilines is 1. The maximum absolute atomic E-state index is 12.0. The lowest BCUT2D eigenvalue weighted by atomic mass is 10.1. The lowest BCUT2D eigenvalue weighted by molar-refractivity contribution is -0.113. The van der Waals surface area contributed by atoms with Gasteiger partial charge >= 0.3 is 0 Å². The first-order chi connectivity index (χ1) is 11.6. The molecule has 122 valence electrons. The molecule has 8 heteroatoms. The van der Waals surface area contributed by atoms with Gasteiger partial charge in [0.2, 0.25) is 5.91 Å². The number of H-pyrrole nitrogens is 1. The van der Waals surface area contributed by atoms with Gasteiger partial charge in [-0.15, -0.1) is 11.3 Å². The molecule has 0 spiro atoms. The molecule has 0 aliphatic carbocycles. The molecule has 0 atom stereocenters. The van der Waals surface area contributed by atoms with E-state index in [0.717, 1.165) is 23.0 Å². The van der Waals surface area contributed by atoms with E-state index in [0.29, 0.717) is 10.3 Å². The number of nitrogens with one attached hydrogen (secondary N) is 2. The number of rotatable bonds is 5. The third kappa shape index (κ3) is 4.30. The predicted molar refractivity (Wildman–Crippen MR) is 96.5 cm³/mol. The largest absolute Gasteiger partial charge is 0.301 e. The molecule has 2 N–H and O–H groups in total. The Labute approximate surface area is 146 Å². The summed E-state index contributed by atoms with van der Waals surface area (Å²) in [6.07, 6.45) is 1.41. The van der Waals surface area contributed by atoms with Gasteiger partial charge in [0.15, 0.2) is 10.3 Å². The molecule has 0 fully saturated rings. The molecule has 2 aromatic heterocycles. The standard InChI is InChI=1S/C16H14N4O2S2/c1-10-2-4-11(5-3-10)12-8-23-16(18-12)20-14(22)9-24-15-17-7-6-13(21)19-15/h2-8H,9H2,1H3,(H,17,19,21)(H,18,20,22). The van der Waals surface area contributed by atoms with Crippen molar-refractivity contribution in [3.63, 3.8) is 0 Å². The van der Waals surface area contributed by atoms with Crippen LogP contribution in [0.25, 0.3) is 11.3 Å². The number of carbonyl (C=O) groups excluding carboxylic acids is 1. The van der Waals surface area contributed by atoms with Crippen LogP contribution in [0.2, 0.25) is 0 Å². The van der Waals surface area contributed by atoms with Crippen LogP contribution in [0.5, 0.6) is 0 Å². The van der Waals surface area contributed by atoms with Gasteiger partial charge in [-0.3, -0.25) is 9.59 Å². The minimum absolute atomic E-state index is 0.145. The Hall–Kier alpha value is -2.45. The van der Waals surface area contributed by atoms with Crippen molar-refractivity contribution in [1.29, 1.82) is 0 Å². The SMILES string of the molecule is Cc1ccc(-c2csc(NC(=O)CSc3nccc(=O)[nH]3)n2)cc1. The first-order valence-electron chi connectivity index (χ1n) is 7.11. The van der Waals surface area contributed by atoms with E-state index >= 15 is 0 Å². The van der Waals surface area contributed by atoms with Gasteiger partial charge in [0.1, 0.15) is 0 Å². The van der Waals surface area contributed by atoms with Crippen molar-refractivity contribution in [2.45, 2.75) is 12.1 Å². The van der Waals surface area contributed by atoms with Gasteiger partial charge in [0.05, 0.1) is 11.4 Å². The monoisotopic (exact) mass is 358 g/mol. The Morgan fingerprint density at radius 2 is 2.08 bits per heavy atom. The molecule has 0 unspecified atom stereocenters. The molecule has 3 rings (SSSR count). The van der Waals surface area contributed by atoms with Gasteiger partial charge in [-0.1, -0.05) is 41.6 Å². The summed E-state index contributed by atoms with van der Waals surface area (Å²) in [7, 11) is 0. The fraction of sp³-hybridized carbons (Fsp3) is 0.125. The predicted octanol–water partition coefficient (Wildman–Crippen LogP) is 2.93. The first kappa shape index (κ1) is 16.4. The van der Waals surface area contributed by atoms with E-state index in [9.17, 15) is 9.59 Å². The molecule has 0 radical (unpaired) electrons. The minimum Gasteiger partial charge on any atom is -0.301 e. The molecular weight excluding hydrogens is 344 g/mol. The van der Waals surface area contributed by atoms with Crippen molar-refractivity contribution in [2.75, 3.05) is 11.1 Å². The van der Waals surface area contributed by atoms with Gasteiger partial charge in [-0.2, -0.15) is 0 Å². The van der Waals surface area contributed by atoms with Crippen molar-refractivity contribution in [2.24, 2.45) is 0 Å². The van der Waals surface area contributed by atoms with Crippen molar-refractivity contribution in [3.8, 4) is 11.3 Å². The van der Waals surface area contributed by atoms with E-state index in [-0.39, 0.29) is 17.2 Å². The summed E-state index contributed by atoms with van der Waals surface area (Å²) in [5.74, 6) is -0.0526.